The lowest BCUT2D eigenvalue weighted by molar-refractivity contribution is -0.119. The van der Waals surface area contributed by atoms with Crippen molar-refractivity contribution < 1.29 is 14.0 Å². The fourth-order valence-electron chi connectivity index (χ4n) is 3.27. The quantitative estimate of drug-likeness (QED) is 0.640. The first-order valence-electron chi connectivity index (χ1n) is 9.47. The van der Waals surface area contributed by atoms with E-state index in [-0.39, 0.29) is 17.5 Å². The zero-order valence-corrected chi connectivity index (χ0v) is 17.9. The van der Waals surface area contributed by atoms with Crippen LogP contribution in [0.5, 0.6) is 0 Å². The average Bonchev–Trinajstić information content (AvgIpc) is 3.37. The number of thioether (sulfide) groups is 1. The number of thiazole rings is 1. The first-order valence-corrected chi connectivity index (χ1v) is 11.4. The van der Waals surface area contributed by atoms with E-state index in [0.29, 0.717) is 28.6 Å². The Labute approximate surface area is 182 Å². The lowest BCUT2D eigenvalue weighted by atomic mass is 10.2. The zero-order chi connectivity index (χ0) is 21.1. The second-order valence-electron chi connectivity index (χ2n) is 6.94. The summed E-state index contributed by atoms with van der Waals surface area (Å²) in [5, 5.41) is 3.47. The van der Waals surface area contributed by atoms with Gasteiger partial charge in [-0.2, -0.15) is 0 Å². The molecule has 1 N–H and O–H groups in total. The van der Waals surface area contributed by atoms with Crippen LogP contribution in [-0.4, -0.2) is 39.4 Å². The molecule has 0 spiro atoms. The van der Waals surface area contributed by atoms with Gasteiger partial charge in [0.25, 0.3) is 5.91 Å². The van der Waals surface area contributed by atoms with Gasteiger partial charge in [0.05, 0.1) is 22.3 Å². The van der Waals surface area contributed by atoms with E-state index in [9.17, 15) is 14.0 Å². The molecule has 1 atom stereocenters. The number of carbonyl (C=O) groups excluding carboxylic acids is 2. The van der Waals surface area contributed by atoms with Gasteiger partial charge in [-0.25, -0.2) is 9.37 Å². The standard InChI is InChI=1S/C22H20FN3O2S2/c1-14-20(30-19(24-14)11-15-7-3-2-4-8-15)22(28)26-13-29-12-18(26)21(27)25-17-10-6-5-9-16(17)23/h2-10,18H,11-13H2,1H3,(H,25,27). The van der Waals surface area contributed by atoms with Gasteiger partial charge >= 0.3 is 0 Å². The van der Waals surface area contributed by atoms with Crippen molar-refractivity contribution in [3.05, 3.63) is 81.6 Å². The molecule has 5 nitrogen and oxygen atoms in total. The van der Waals surface area contributed by atoms with Crippen molar-refractivity contribution in [2.75, 3.05) is 16.9 Å². The Kier molecular flexibility index (Phi) is 6.15. The molecular weight excluding hydrogens is 421 g/mol. The van der Waals surface area contributed by atoms with Crippen molar-refractivity contribution in [1.29, 1.82) is 0 Å². The highest BCUT2D eigenvalue weighted by Crippen LogP contribution is 2.29. The summed E-state index contributed by atoms with van der Waals surface area (Å²) in [6, 6.07) is 15.3. The summed E-state index contributed by atoms with van der Waals surface area (Å²) in [6.07, 6.45) is 0.658. The van der Waals surface area contributed by atoms with Crippen molar-refractivity contribution in [2.45, 2.75) is 19.4 Å². The van der Waals surface area contributed by atoms with E-state index in [1.54, 1.807) is 17.0 Å². The number of anilines is 1. The van der Waals surface area contributed by atoms with E-state index in [2.05, 4.69) is 10.3 Å². The van der Waals surface area contributed by atoms with Crippen LogP contribution in [0, 0.1) is 12.7 Å². The van der Waals surface area contributed by atoms with Gasteiger partial charge in [0, 0.05) is 12.2 Å². The van der Waals surface area contributed by atoms with Gasteiger partial charge in [-0.3, -0.25) is 9.59 Å². The monoisotopic (exact) mass is 441 g/mol. The molecule has 2 amide bonds. The lowest BCUT2D eigenvalue weighted by Crippen LogP contribution is -2.44. The lowest BCUT2D eigenvalue weighted by Gasteiger charge is -2.22. The molecule has 3 aromatic rings. The van der Waals surface area contributed by atoms with Gasteiger partial charge in [0.15, 0.2) is 0 Å². The fourth-order valence-corrected chi connectivity index (χ4v) is 5.47. The Balaban J connectivity index is 1.49. The average molecular weight is 442 g/mol. The number of para-hydroxylation sites is 1. The first-order chi connectivity index (χ1) is 14.5. The largest absolute Gasteiger partial charge is 0.322 e. The van der Waals surface area contributed by atoms with E-state index in [1.165, 1.54) is 35.2 Å². The number of nitrogens with zero attached hydrogens (tertiary/aromatic N) is 2. The van der Waals surface area contributed by atoms with Crippen molar-refractivity contribution in [1.82, 2.24) is 9.88 Å². The van der Waals surface area contributed by atoms with E-state index >= 15 is 0 Å². The van der Waals surface area contributed by atoms with Crippen molar-refractivity contribution >= 4 is 40.6 Å². The molecule has 0 aliphatic carbocycles. The molecular formula is C22H20FN3O2S2. The third kappa shape index (κ3) is 4.39. The SMILES string of the molecule is Cc1nc(Cc2ccccc2)sc1C(=O)N1CSCC1C(=O)Nc1ccccc1F. The Bertz CT molecular complexity index is 1070. The minimum Gasteiger partial charge on any atom is -0.322 e. The fraction of sp³-hybridized carbons (Fsp3) is 0.227. The molecule has 2 aromatic carbocycles. The first kappa shape index (κ1) is 20.6. The number of aromatic nitrogens is 1. The molecule has 30 heavy (non-hydrogen) atoms. The van der Waals surface area contributed by atoms with E-state index in [4.69, 9.17) is 0 Å². The van der Waals surface area contributed by atoms with Gasteiger partial charge in [-0.1, -0.05) is 42.5 Å². The maximum Gasteiger partial charge on any atom is 0.267 e. The Morgan fingerprint density at radius 2 is 1.90 bits per heavy atom. The molecule has 8 heteroatoms. The topological polar surface area (TPSA) is 62.3 Å². The number of nitrogens with one attached hydrogen (secondary N) is 1. The highest BCUT2D eigenvalue weighted by molar-refractivity contribution is 7.99. The van der Waals surface area contributed by atoms with Crippen LogP contribution in [0.1, 0.15) is 25.9 Å². The van der Waals surface area contributed by atoms with Crippen LogP contribution >= 0.6 is 23.1 Å². The molecule has 1 unspecified atom stereocenters. The van der Waals surface area contributed by atoms with E-state index < -0.39 is 11.9 Å². The summed E-state index contributed by atoms with van der Waals surface area (Å²) in [5.41, 5.74) is 1.91. The number of benzene rings is 2. The smallest absolute Gasteiger partial charge is 0.267 e. The van der Waals surface area contributed by atoms with Crippen molar-refractivity contribution in [2.24, 2.45) is 0 Å². The zero-order valence-electron chi connectivity index (χ0n) is 16.3. The molecule has 1 aromatic heterocycles. The number of rotatable bonds is 5. The summed E-state index contributed by atoms with van der Waals surface area (Å²) in [7, 11) is 0. The number of hydrogen-bond acceptors (Lipinski definition) is 5. The Morgan fingerprint density at radius 3 is 2.67 bits per heavy atom. The Hall–Kier alpha value is -2.71. The van der Waals surface area contributed by atoms with Gasteiger partial charge in [0.1, 0.15) is 16.7 Å². The van der Waals surface area contributed by atoms with Crippen LogP contribution in [-0.2, 0) is 11.2 Å². The highest BCUT2D eigenvalue weighted by Gasteiger charge is 2.36. The van der Waals surface area contributed by atoms with Gasteiger partial charge in [-0.05, 0) is 24.6 Å². The second kappa shape index (κ2) is 8.97. The minimum atomic E-state index is -0.652. The molecule has 2 heterocycles. The normalized spacial score (nSPS) is 15.9. The van der Waals surface area contributed by atoms with Crippen LogP contribution in [0.4, 0.5) is 10.1 Å². The summed E-state index contributed by atoms with van der Waals surface area (Å²) in [6.45, 7) is 1.82. The molecule has 0 saturated carbocycles. The molecule has 1 saturated heterocycles. The number of halogens is 1. The number of hydrogen-bond donors (Lipinski definition) is 1. The van der Waals surface area contributed by atoms with Crippen molar-refractivity contribution in [3.63, 3.8) is 0 Å². The van der Waals surface area contributed by atoms with Crippen molar-refractivity contribution in [3.8, 4) is 0 Å². The molecule has 1 aliphatic rings. The number of carbonyl (C=O) groups is 2. The summed E-state index contributed by atoms with van der Waals surface area (Å²) in [4.78, 5) is 32.6. The molecule has 1 aliphatic heterocycles. The summed E-state index contributed by atoms with van der Waals surface area (Å²) >= 11 is 2.87. The third-order valence-corrected chi connectivity index (χ3v) is 6.97. The number of aryl methyl sites for hydroxylation is 1. The second-order valence-corrected chi connectivity index (χ2v) is 9.03. The maximum atomic E-state index is 13.9. The number of amides is 2. The molecule has 0 radical (unpaired) electrons. The van der Waals surface area contributed by atoms with E-state index in [0.717, 1.165) is 10.6 Å². The van der Waals surface area contributed by atoms with Crippen LogP contribution in [0.25, 0.3) is 0 Å². The van der Waals surface area contributed by atoms with Crippen LogP contribution in [0.2, 0.25) is 0 Å². The van der Waals surface area contributed by atoms with Crippen LogP contribution in [0.3, 0.4) is 0 Å². The summed E-state index contributed by atoms with van der Waals surface area (Å²) < 4.78 is 13.9. The van der Waals surface area contributed by atoms with E-state index in [1.807, 2.05) is 37.3 Å². The molecule has 0 bridgehead atoms. The third-order valence-electron chi connectivity index (χ3n) is 4.81. The highest BCUT2D eigenvalue weighted by atomic mass is 32.2. The minimum absolute atomic E-state index is 0.117. The maximum absolute atomic E-state index is 13.9. The van der Waals surface area contributed by atoms with Crippen LogP contribution in [0.15, 0.2) is 54.6 Å². The van der Waals surface area contributed by atoms with Gasteiger partial charge in [0.2, 0.25) is 5.91 Å². The van der Waals surface area contributed by atoms with Gasteiger partial charge in [-0.15, -0.1) is 23.1 Å². The molecule has 1 fully saturated rings. The predicted molar refractivity (Wildman–Crippen MR) is 118 cm³/mol. The molecule has 154 valence electrons. The molecule has 4 rings (SSSR count). The predicted octanol–water partition coefficient (Wildman–Crippen LogP) is 4.34. The Morgan fingerprint density at radius 1 is 1.17 bits per heavy atom. The van der Waals surface area contributed by atoms with Crippen LogP contribution < -0.4 is 5.32 Å². The summed E-state index contributed by atoms with van der Waals surface area (Å²) in [5.74, 6) is -0.202. The van der Waals surface area contributed by atoms with Gasteiger partial charge < -0.3 is 10.2 Å².